The van der Waals surface area contributed by atoms with Gasteiger partial charge in [0.25, 0.3) is 0 Å². The van der Waals surface area contributed by atoms with Gasteiger partial charge < -0.3 is 9.30 Å². The van der Waals surface area contributed by atoms with Crippen LogP contribution in [0.2, 0.25) is 0 Å². The van der Waals surface area contributed by atoms with Gasteiger partial charge in [0.1, 0.15) is 0 Å². The second kappa shape index (κ2) is 10.1. The molecule has 0 amide bonds. The van der Waals surface area contributed by atoms with Gasteiger partial charge in [-0.1, -0.05) is 60.7 Å². The predicted molar refractivity (Wildman–Crippen MR) is 135 cm³/mol. The zero-order valence-electron chi connectivity index (χ0n) is 18.6. The zero-order valence-corrected chi connectivity index (χ0v) is 20.2. The summed E-state index contributed by atoms with van der Waals surface area (Å²) in [7, 11) is -3.52. The van der Waals surface area contributed by atoms with E-state index in [1.165, 1.54) is 9.87 Å². The van der Waals surface area contributed by atoms with E-state index in [-0.39, 0.29) is 0 Å². The molecular weight excluding hydrogens is 466 g/mol. The molecule has 0 saturated carbocycles. The van der Waals surface area contributed by atoms with Gasteiger partial charge in [-0.25, -0.2) is 13.4 Å². The molecule has 8 heteroatoms. The van der Waals surface area contributed by atoms with Gasteiger partial charge >= 0.3 is 0 Å². The Kier molecular flexibility index (Phi) is 6.73. The molecule has 1 saturated heterocycles. The highest BCUT2D eigenvalue weighted by molar-refractivity contribution is 7.89. The van der Waals surface area contributed by atoms with Gasteiger partial charge in [0.15, 0.2) is 4.80 Å². The van der Waals surface area contributed by atoms with Crippen molar-refractivity contribution in [1.29, 1.82) is 0 Å². The van der Waals surface area contributed by atoms with E-state index in [4.69, 9.17) is 9.73 Å². The van der Waals surface area contributed by atoms with Crippen LogP contribution in [0.3, 0.4) is 0 Å². The average Bonchev–Trinajstić information content (AvgIpc) is 3.27. The Bertz CT molecular complexity index is 1410. The van der Waals surface area contributed by atoms with Gasteiger partial charge in [-0.15, -0.1) is 11.3 Å². The quantitative estimate of drug-likeness (QED) is 0.398. The lowest BCUT2D eigenvalue weighted by Crippen LogP contribution is -2.40. The lowest BCUT2D eigenvalue weighted by atomic mass is 10.1. The van der Waals surface area contributed by atoms with Crippen LogP contribution in [0.5, 0.6) is 0 Å². The number of nitrogens with zero attached hydrogens (tertiary/aromatic N) is 3. The number of aromatic nitrogens is 1. The van der Waals surface area contributed by atoms with E-state index in [0.717, 1.165) is 21.7 Å². The highest BCUT2D eigenvalue weighted by Gasteiger charge is 2.26. The zero-order chi connectivity index (χ0) is 23.4. The fraction of sp³-hybridized carbons (Fsp3) is 0.192. The van der Waals surface area contributed by atoms with Gasteiger partial charge in [-0.3, -0.25) is 0 Å². The summed E-state index contributed by atoms with van der Waals surface area (Å²) in [5, 5.41) is 2.08. The van der Waals surface area contributed by atoms with Crippen molar-refractivity contribution >= 4 is 27.0 Å². The van der Waals surface area contributed by atoms with E-state index in [1.807, 2.05) is 60.7 Å². The number of para-hydroxylation sites is 1. The molecule has 1 aliphatic rings. The van der Waals surface area contributed by atoms with Gasteiger partial charge in [0.05, 0.1) is 36.0 Å². The number of hydrogen-bond donors (Lipinski definition) is 0. The fourth-order valence-electron chi connectivity index (χ4n) is 3.91. The Morgan fingerprint density at radius 3 is 2.18 bits per heavy atom. The second-order valence-corrected chi connectivity index (χ2v) is 10.7. The molecule has 0 atom stereocenters. The molecule has 5 rings (SSSR count). The molecule has 0 aliphatic carbocycles. The van der Waals surface area contributed by atoms with Crippen molar-refractivity contribution < 1.29 is 13.2 Å². The normalized spacial score (nSPS) is 15.5. The minimum atomic E-state index is -3.52. The maximum absolute atomic E-state index is 13.0. The maximum atomic E-state index is 13.0. The molecule has 0 radical (unpaired) electrons. The third-order valence-corrected chi connectivity index (χ3v) is 8.50. The van der Waals surface area contributed by atoms with Crippen molar-refractivity contribution in [3.63, 3.8) is 0 Å². The van der Waals surface area contributed by atoms with E-state index in [0.29, 0.717) is 37.7 Å². The van der Waals surface area contributed by atoms with Crippen LogP contribution in [0.25, 0.3) is 11.3 Å². The number of rotatable bonds is 6. The number of hydrogen-bond acceptors (Lipinski definition) is 5. The summed E-state index contributed by atoms with van der Waals surface area (Å²) in [4.78, 5) is 6.06. The van der Waals surface area contributed by atoms with Gasteiger partial charge in [-0.2, -0.15) is 4.31 Å². The monoisotopic (exact) mass is 491 g/mol. The topological polar surface area (TPSA) is 63.9 Å². The van der Waals surface area contributed by atoms with Crippen LogP contribution in [0, 0.1) is 0 Å². The smallest absolute Gasteiger partial charge is 0.243 e. The Labute approximate surface area is 203 Å². The van der Waals surface area contributed by atoms with Gasteiger partial charge in [0, 0.05) is 18.5 Å². The minimum absolute atomic E-state index is 0.303. The number of sulfonamides is 1. The van der Waals surface area contributed by atoms with Crippen molar-refractivity contribution in [1.82, 2.24) is 8.87 Å². The summed E-state index contributed by atoms with van der Waals surface area (Å²) in [5.41, 5.74) is 4.01. The van der Waals surface area contributed by atoms with E-state index >= 15 is 0 Å². The van der Waals surface area contributed by atoms with Gasteiger partial charge in [-0.05, 0) is 35.4 Å². The van der Waals surface area contributed by atoms with Crippen molar-refractivity contribution in [2.45, 2.75) is 11.4 Å². The second-order valence-electron chi connectivity index (χ2n) is 7.96. The van der Waals surface area contributed by atoms with E-state index in [2.05, 4.69) is 22.1 Å². The molecule has 34 heavy (non-hydrogen) atoms. The molecule has 1 aliphatic heterocycles. The van der Waals surface area contributed by atoms with Crippen molar-refractivity contribution in [3.8, 4) is 11.3 Å². The predicted octanol–water partition coefficient (Wildman–Crippen LogP) is 4.52. The van der Waals surface area contributed by atoms with Crippen LogP contribution >= 0.6 is 11.3 Å². The minimum Gasteiger partial charge on any atom is -0.379 e. The Morgan fingerprint density at radius 1 is 0.853 bits per heavy atom. The third-order valence-electron chi connectivity index (χ3n) is 5.72. The highest BCUT2D eigenvalue weighted by Crippen LogP contribution is 2.25. The first-order valence-corrected chi connectivity index (χ1v) is 13.4. The van der Waals surface area contributed by atoms with Crippen LogP contribution in [-0.2, 0) is 21.3 Å². The largest absolute Gasteiger partial charge is 0.379 e. The molecule has 6 nitrogen and oxygen atoms in total. The number of thiazole rings is 1. The molecule has 0 spiro atoms. The molecule has 3 aromatic carbocycles. The first kappa shape index (κ1) is 22.7. The first-order chi connectivity index (χ1) is 16.6. The van der Waals surface area contributed by atoms with E-state index in [9.17, 15) is 8.42 Å². The molecule has 1 aromatic heterocycles. The Hall–Kier alpha value is -3.04. The number of ether oxygens (including phenoxy) is 1. The van der Waals surface area contributed by atoms with Crippen LogP contribution in [0.15, 0.2) is 100 Å². The molecule has 2 heterocycles. The molecule has 174 valence electrons. The SMILES string of the molecule is O=S(=O)(c1ccc(-c2csc(=Nc3ccccc3)n2Cc2ccccc2)cc1)N1CCOCC1. The number of benzene rings is 3. The Morgan fingerprint density at radius 2 is 1.50 bits per heavy atom. The standard InChI is InChI=1S/C26H25N3O3S2/c30-34(31,28-15-17-32-18-16-28)24-13-11-22(12-14-24)25-20-33-26(27-23-9-5-2-6-10-23)29(25)19-21-7-3-1-4-8-21/h1-14,20H,15-19H2. The van der Waals surface area contributed by atoms with Crippen LogP contribution < -0.4 is 4.80 Å². The molecule has 0 unspecified atom stereocenters. The maximum Gasteiger partial charge on any atom is 0.243 e. The molecule has 4 aromatic rings. The summed E-state index contributed by atoms with van der Waals surface area (Å²) in [6.07, 6.45) is 0. The lowest BCUT2D eigenvalue weighted by molar-refractivity contribution is 0.0730. The summed E-state index contributed by atoms with van der Waals surface area (Å²) in [6.45, 7) is 2.30. The molecule has 0 N–H and O–H groups in total. The molecule has 0 bridgehead atoms. The van der Waals surface area contributed by atoms with E-state index in [1.54, 1.807) is 23.5 Å². The molecular formula is C26H25N3O3S2. The third kappa shape index (κ3) is 4.90. The van der Waals surface area contributed by atoms with Crippen LogP contribution in [0.1, 0.15) is 5.56 Å². The van der Waals surface area contributed by atoms with Crippen LogP contribution in [0.4, 0.5) is 5.69 Å². The number of morpholine rings is 1. The van der Waals surface area contributed by atoms with Crippen molar-refractivity contribution in [3.05, 3.63) is 101 Å². The van der Waals surface area contributed by atoms with E-state index < -0.39 is 10.0 Å². The lowest BCUT2D eigenvalue weighted by Gasteiger charge is -2.26. The van der Waals surface area contributed by atoms with Crippen LogP contribution in [-0.4, -0.2) is 43.6 Å². The Balaban J connectivity index is 1.52. The average molecular weight is 492 g/mol. The molecule has 1 fully saturated rings. The van der Waals surface area contributed by atoms with Crippen molar-refractivity contribution in [2.75, 3.05) is 26.3 Å². The van der Waals surface area contributed by atoms with Crippen molar-refractivity contribution in [2.24, 2.45) is 4.99 Å². The first-order valence-electron chi connectivity index (χ1n) is 11.1. The summed E-state index contributed by atoms with van der Waals surface area (Å²) in [6, 6.07) is 27.3. The fourth-order valence-corrected chi connectivity index (χ4v) is 6.25. The van der Waals surface area contributed by atoms with Gasteiger partial charge in [0.2, 0.25) is 10.0 Å². The summed E-state index contributed by atoms with van der Waals surface area (Å²) in [5.74, 6) is 0. The summed E-state index contributed by atoms with van der Waals surface area (Å²) >= 11 is 1.57. The highest BCUT2D eigenvalue weighted by atomic mass is 32.2. The summed E-state index contributed by atoms with van der Waals surface area (Å²) < 4.78 is 35.0.